The summed E-state index contributed by atoms with van der Waals surface area (Å²) in [5.74, 6) is 0.313. The molecule has 3 heterocycles. The second-order valence-corrected chi connectivity index (χ2v) is 4.76. The van der Waals surface area contributed by atoms with E-state index in [1.807, 2.05) is 0 Å². The molecule has 8 nitrogen and oxygen atoms in total. The molecule has 3 atom stereocenters. The zero-order valence-electron chi connectivity index (χ0n) is 10.6. The monoisotopic (exact) mass is 300 g/mol. The molecule has 2 N–H and O–H groups in total. The quantitative estimate of drug-likeness (QED) is 0.777. The zero-order chi connectivity index (χ0) is 14.3. The maximum atomic E-state index is 9.80. The van der Waals surface area contributed by atoms with Crippen LogP contribution in [0.4, 0.5) is 0 Å². The highest BCUT2D eigenvalue weighted by atomic mass is 35.5. The van der Waals surface area contributed by atoms with E-state index in [4.69, 9.17) is 26.2 Å². The fourth-order valence-corrected chi connectivity index (χ4v) is 2.58. The molecule has 2 aromatic heterocycles. The highest BCUT2D eigenvalue weighted by Gasteiger charge is 2.36. The first-order valence-corrected chi connectivity index (χ1v) is 6.40. The number of methoxy groups -OCH3 is 1. The zero-order valence-corrected chi connectivity index (χ0v) is 11.4. The van der Waals surface area contributed by atoms with Gasteiger partial charge in [0.2, 0.25) is 11.2 Å². The highest BCUT2D eigenvalue weighted by Crippen LogP contribution is 2.34. The van der Waals surface area contributed by atoms with E-state index in [1.54, 1.807) is 4.57 Å². The van der Waals surface area contributed by atoms with Crippen LogP contribution in [-0.2, 0) is 4.74 Å². The summed E-state index contributed by atoms with van der Waals surface area (Å²) >= 11 is 6.12. The molecule has 0 amide bonds. The van der Waals surface area contributed by atoms with E-state index in [2.05, 4.69) is 15.0 Å². The van der Waals surface area contributed by atoms with Crippen LogP contribution in [0.15, 0.2) is 6.33 Å². The summed E-state index contributed by atoms with van der Waals surface area (Å²) in [6, 6.07) is 0. The van der Waals surface area contributed by atoms with Crippen molar-refractivity contribution in [3.63, 3.8) is 0 Å². The topological polar surface area (TPSA) is 103 Å². The van der Waals surface area contributed by atoms with Crippen molar-refractivity contribution in [3.05, 3.63) is 11.6 Å². The van der Waals surface area contributed by atoms with Gasteiger partial charge in [0.15, 0.2) is 11.2 Å². The molecule has 0 aromatic carbocycles. The van der Waals surface area contributed by atoms with Gasteiger partial charge in [-0.3, -0.25) is 4.57 Å². The van der Waals surface area contributed by atoms with Gasteiger partial charge < -0.3 is 19.7 Å². The van der Waals surface area contributed by atoms with Crippen molar-refractivity contribution in [3.8, 4) is 5.88 Å². The first-order chi connectivity index (χ1) is 9.65. The van der Waals surface area contributed by atoms with Crippen LogP contribution >= 0.6 is 11.6 Å². The Labute approximate surface area is 118 Å². The summed E-state index contributed by atoms with van der Waals surface area (Å²) in [5, 5.41) is 19.1. The number of rotatable bonds is 3. The number of halogens is 1. The summed E-state index contributed by atoms with van der Waals surface area (Å²) < 4.78 is 12.2. The lowest BCUT2D eigenvalue weighted by Gasteiger charge is -2.14. The first kappa shape index (κ1) is 13.5. The van der Waals surface area contributed by atoms with Crippen LogP contribution in [0.3, 0.4) is 0 Å². The number of imidazole rings is 1. The molecule has 3 rings (SSSR count). The minimum atomic E-state index is -0.762. The van der Waals surface area contributed by atoms with E-state index < -0.39 is 18.4 Å². The third-order valence-electron chi connectivity index (χ3n) is 3.27. The number of hydrogen-bond acceptors (Lipinski definition) is 7. The minimum Gasteiger partial charge on any atom is -0.479 e. The molecule has 9 heteroatoms. The standard InChI is InChI=1S/C11H13ClN4O4/c1-19-10-8-9(13-4-14-10)16(11(12)15-8)7-2-5(18)6(3-17)20-7/h4-7,17-18H,2-3H2,1H3/t5-,6+,7+/m1/s1. The Hall–Kier alpha value is -1.48. The minimum absolute atomic E-state index is 0.162. The van der Waals surface area contributed by atoms with Gasteiger partial charge in [0.05, 0.1) is 19.8 Å². The molecule has 0 unspecified atom stereocenters. The number of aliphatic hydroxyl groups is 2. The average molecular weight is 301 g/mol. The van der Waals surface area contributed by atoms with Crippen molar-refractivity contribution in [2.45, 2.75) is 24.9 Å². The fraction of sp³-hybridized carbons (Fsp3) is 0.545. The summed E-state index contributed by atoms with van der Waals surface area (Å²) in [6.07, 6.45) is -0.313. The lowest BCUT2D eigenvalue weighted by molar-refractivity contribution is -0.0431. The van der Waals surface area contributed by atoms with Crippen LogP contribution in [-0.4, -0.2) is 55.7 Å². The summed E-state index contributed by atoms with van der Waals surface area (Å²) in [5.41, 5.74) is 0.878. The fourth-order valence-electron chi connectivity index (χ4n) is 2.30. The van der Waals surface area contributed by atoms with Gasteiger partial charge in [-0.2, -0.15) is 4.98 Å². The molecule has 108 valence electrons. The van der Waals surface area contributed by atoms with Gasteiger partial charge in [-0.25, -0.2) is 9.97 Å². The Morgan fingerprint density at radius 3 is 3.00 bits per heavy atom. The second kappa shape index (κ2) is 5.13. The van der Waals surface area contributed by atoms with Gasteiger partial charge >= 0.3 is 0 Å². The molecule has 2 aromatic rings. The van der Waals surface area contributed by atoms with Crippen LogP contribution in [0.25, 0.3) is 11.2 Å². The van der Waals surface area contributed by atoms with E-state index in [-0.39, 0.29) is 11.9 Å². The van der Waals surface area contributed by atoms with Crippen LogP contribution in [0.1, 0.15) is 12.6 Å². The predicted octanol–water partition coefficient (Wildman–Crippen LogP) is 0.129. The molecule has 1 saturated heterocycles. The van der Waals surface area contributed by atoms with Crippen molar-refractivity contribution in [2.24, 2.45) is 0 Å². The number of ether oxygens (including phenoxy) is 2. The Morgan fingerprint density at radius 1 is 1.55 bits per heavy atom. The van der Waals surface area contributed by atoms with E-state index in [0.29, 0.717) is 23.5 Å². The van der Waals surface area contributed by atoms with Crippen LogP contribution in [0.5, 0.6) is 5.88 Å². The van der Waals surface area contributed by atoms with E-state index in [9.17, 15) is 5.11 Å². The lowest BCUT2D eigenvalue weighted by Crippen LogP contribution is -2.24. The normalized spacial score (nSPS) is 26.3. The van der Waals surface area contributed by atoms with Crippen LogP contribution in [0.2, 0.25) is 5.28 Å². The van der Waals surface area contributed by atoms with Gasteiger partial charge in [0.25, 0.3) is 0 Å². The number of aliphatic hydroxyl groups excluding tert-OH is 2. The first-order valence-electron chi connectivity index (χ1n) is 6.02. The number of fused-ring (bicyclic) bond motifs is 1. The third-order valence-corrected chi connectivity index (χ3v) is 3.53. The third kappa shape index (κ3) is 2.01. The summed E-state index contributed by atoms with van der Waals surface area (Å²) in [4.78, 5) is 12.2. The largest absolute Gasteiger partial charge is 0.479 e. The van der Waals surface area contributed by atoms with E-state index >= 15 is 0 Å². The Bertz CT molecular complexity index is 634. The summed E-state index contributed by atoms with van der Waals surface area (Å²) in [7, 11) is 1.48. The molecule has 0 aliphatic carbocycles. The molecule has 20 heavy (non-hydrogen) atoms. The molecule has 0 radical (unpaired) electrons. The molecular weight excluding hydrogens is 288 g/mol. The SMILES string of the molecule is COc1ncnc2c1nc(Cl)n2[C@@H]1C[C@@H](O)[C@H](CO)O1. The Balaban J connectivity index is 2.06. The Morgan fingerprint density at radius 2 is 2.35 bits per heavy atom. The molecule has 0 spiro atoms. The van der Waals surface area contributed by atoms with Gasteiger partial charge in [0, 0.05) is 6.42 Å². The van der Waals surface area contributed by atoms with E-state index in [0.717, 1.165) is 0 Å². The maximum Gasteiger partial charge on any atom is 0.245 e. The predicted molar refractivity (Wildman–Crippen MR) is 68.5 cm³/mol. The van der Waals surface area contributed by atoms with Gasteiger partial charge in [0.1, 0.15) is 18.7 Å². The molecule has 1 aliphatic heterocycles. The van der Waals surface area contributed by atoms with Crippen molar-refractivity contribution < 1.29 is 19.7 Å². The highest BCUT2D eigenvalue weighted by molar-refractivity contribution is 6.29. The Kier molecular flexibility index (Phi) is 3.47. The number of aromatic nitrogens is 4. The molecule has 0 bridgehead atoms. The summed E-state index contributed by atoms with van der Waals surface area (Å²) in [6.45, 7) is -0.264. The van der Waals surface area contributed by atoms with Crippen molar-refractivity contribution in [1.29, 1.82) is 0 Å². The average Bonchev–Trinajstić information content (AvgIpc) is 2.97. The smallest absolute Gasteiger partial charge is 0.245 e. The van der Waals surface area contributed by atoms with Gasteiger partial charge in [-0.15, -0.1) is 0 Å². The second-order valence-electron chi connectivity index (χ2n) is 4.42. The number of hydrogen-bond donors (Lipinski definition) is 2. The number of nitrogens with zero attached hydrogens (tertiary/aromatic N) is 4. The van der Waals surface area contributed by atoms with Crippen molar-refractivity contribution in [2.75, 3.05) is 13.7 Å². The molecular formula is C11H13ClN4O4. The van der Waals surface area contributed by atoms with Crippen molar-refractivity contribution in [1.82, 2.24) is 19.5 Å². The molecule has 1 fully saturated rings. The van der Waals surface area contributed by atoms with Crippen LogP contribution < -0.4 is 4.74 Å². The molecule has 1 aliphatic rings. The van der Waals surface area contributed by atoms with Crippen molar-refractivity contribution >= 4 is 22.8 Å². The van der Waals surface area contributed by atoms with Crippen LogP contribution in [0, 0.1) is 0 Å². The lowest BCUT2D eigenvalue weighted by atomic mass is 10.2. The van der Waals surface area contributed by atoms with E-state index in [1.165, 1.54) is 13.4 Å². The van der Waals surface area contributed by atoms with Gasteiger partial charge in [-0.1, -0.05) is 0 Å². The maximum absolute atomic E-state index is 9.80. The van der Waals surface area contributed by atoms with Gasteiger partial charge in [-0.05, 0) is 11.6 Å². The molecule has 0 saturated carbocycles.